The molecule has 0 radical (unpaired) electrons. The summed E-state index contributed by atoms with van der Waals surface area (Å²) in [6.45, 7) is 0. The van der Waals surface area contributed by atoms with Crippen molar-refractivity contribution in [2.24, 2.45) is 0 Å². The summed E-state index contributed by atoms with van der Waals surface area (Å²) in [7, 11) is 2.73. The number of benzene rings is 4. The van der Waals surface area contributed by atoms with Crippen LogP contribution in [0.1, 0.15) is 48.5 Å². The molecule has 0 unspecified atom stereocenters. The van der Waals surface area contributed by atoms with E-state index in [1.165, 1.54) is 14.2 Å². The van der Waals surface area contributed by atoms with Crippen molar-refractivity contribution in [3.8, 4) is 0 Å². The van der Waals surface area contributed by atoms with Crippen LogP contribution >= 0.6 is 0 Å². The van der Waals surface area contributed by atoms with Gasteiger partial charge in [0, 0.05) is 11.1 Å². The van der Waals surface area contributed by atoms with Gasteiger partial charge in [-0.15, -0.1) is 5.17 Å². The minimum atomic E-state index is -0.363. The summed E-state index contributed by atoms with van der Waals surface area (Å²) in [5.41, 5.74) is 9.78. The SMILES string of the molecule is COC(=O)c1ccc(C=Cc2ccccc2C2=CNN(c3ccccc3C=Cc3ccc(C(=O)OC)cc3)O2)cc1. The van der Waals surface area contributed by atoms with Crippen LogP contribution < -0.4 is 10.6 Å². The Balaban J connectivity index is 1.30. The Morgan fingerprint density at radius 1 is 0.659 bits per heavy atom. The number of rotatable bonds is 8. The monoisotopic (exact) mass is 544 g/mol. The molecule has 7 nitrogen and oxygen atoms in total. The van der Waals surface area contributed by atoms with E-state index in [2.05, 4.69) is 5.43 Å². The van der Waals surface area contributed by atoms with Gasteiger partial charge in [0.05, 0.1) is 31.5 Å². The van der Waals surface area contributed by atoms with Crippen LogP contribution in [0.5, 0.6) is 0 Å². The van der Waals surface area contributed by atoms with E-state index in [9.17, 15) is 9.59 Å². The van der Waals surface area contributed by atoms with Gasteiger partial charge in [0.2, 0.25) is 0 Å². The number of hydrazine groups is 1. The number of nitrogens with zero attached hydrogens (tertiary/aromatic N) is 1. The van der Waals surface area contributed by atoms with Gasteiger partial charge in [-0.05, 0) is 47.0 Å². The Hall–Kier alpha value is -5.56. The Bertz CT molecular complexity index is 1640. The molecule has 4 aromatic rings. The Morgan fingerprint density at radius 2 is 1.17 bits per heavy atom. The highest BCUT2D eigenvalue weighted by molar-refractivity contribution is 5.90. The number of anilines is 1. The van der Waals surface area contributed by atoms with E-state index in [4.69, 9.17) is 14.3 Å². The third-order valence-electron chi connectivity index (χ3n) is 6.46. The van der Waals surface area contributed by atoms with E-state index >= 15 is 0 Å². The number of hydrogen-bond acceptors (Lipinski definition) is 7. The molecule has 204 valence electrons. The number of nitrogens with one attached hydrogen (secondary N) is 1. The van der Waals surface area contributed by atoms with Gasteiger partial charge in [-0.2, -0.15) is 0 Å². The molecule has 7 heteroatoms. The second-order valence-electron chi connectivity index (χ2n) is 9.06. The average molecular weight is 545 g/mol. The fraction of sp³-hybridized carbons (Fsp3) is 0.0588. The normalized spacial score (nSPS) is 12.6. The third kappa shape index (κ3) is 6.37. The molecular formula is C34H28N2O5. The first-order valence-corrected chi connectivity index (χ1v) is 12.9. The van der Waals surface area contributed by atoms with E-state index in [0.29, 0.717) is 16.9 Å². The third-order valence-corrected chi connectivity index (χ3v) is 6.46. The lowest BCUT2D eigenvalue weighted by atomic mass is 10.0. The summed E-state index contributed by atoms with van der Waals surface area (Å²) in [5.74, 6) is -0.0547. The van der Waals surface area contributed by atoms with Crippen LogP contribution in [-0.4, -0.2) is 26.2 Å². The van der Waals surface area contributed by atoms with Crippen molar-refractivity contribution < 1.29 is 23.9 Å². The minimum absolute atomic E-state index is 0.361. The predicted octanol–water partition coefficient (Wildman–Crippen LogP) is 6.86. The molecule has 1 heterocycles. The summed E-state index contributed by atoms with van der Waals surface area (Å²) >= 11 is 0. The highest BCUT2D eigenvalue weighted by Gasteiger charge is 2.21. The zero-order valence-electron chi connectivity index (χ0n) is 22.6. The number of hydrogen-bond donors (Lipinski definition) is 1. The zero-order chi connectivity index (χ0) is 28.6. The topological polar surface area (TPSA) is 77.1 Å². The highest BCUT2D eigenvalue weighted by atomic mass is 16.7. The van der Waals surface area contributed by atoms with Crippen LogP contribution in [0.3, 0.4) is 0 Å². The Morgan fingerprint density at radius 3 is 1.76 bits per heavy atom. The number of para-hydroxylation sites is 1. The minimum Gasteiger partial charge on any atom is -0.465 e. The van der Waals surface area contributed by atoms with Gasteiger partial charge in [0.15, 0.2) is 5.76 Å². The highest BCUT2D eigenvalue weighted by Crippen LogP contribution is 2.30. The number of ether oxygens (including phenoxy) is 2. The molecule has 0 aromatic heterocycles. The molecule has 41 heavy (non-hydrogen) atoms. The number of esters is 2. The number of methoxy groups -OCH3 is 2. The largest absolute Gasteiger partial charge is 0.465 e. The van der Waals surface area contributed by atoms with E-state index in [-0.39, 0.29) is 11.9 Å². The summed E-state index contributed by atoms with van der Waals surface area (Å²) in [6.07, 6.45) is 9.79. The quantitative estimate of drug-likeness (QED) is 0.192. The summed E-state index contributed by atoms with van der Waals surface area (Å²) in [4.78, 5) is 29.6. The lowest BCUT2D eigenvalue weighted by molar-refractivity contribution is 0.0592. The fourth-order valence-electron chi connectivity index (χ4n) is 4.26. The number of carbonyl (C=O) groups is 2. The van der Waals surface area contributed by atoms with Crippen LogP contribution in [0.4, 0.5) is 5.69 Å². The van der Waals surface area contributed by atoms with Crippen LogP contribution in [0.15, 0.2) is 103 Å². The van der Waals surface area contributed by atoms with Gasteiger partial charge in [0.1, 0.15) is 5.69 Å². The predicted molar refractivity (Wildman–Crippen MR) is 161 cm³/mol. The molecule has 0 saturated heterocycles. The Kier molecular flexibility index (Phi) is 8.26. The van der Waals surface area contributed by atoms with Crippen molar-refractivity contribution in [2.75, 3.05) is 19.4 Å². The standard InChI is InChI=1S/C34H28N2O5/c1-39-33(37)28-19-13-24(14-20-28)11-17-26-7-3-5-9-30(26)32-23-35-36(41-32)31-10-6-4-8-27(31)18-12-25-15-21-29(22-16-25)34(38)40-2/h3-23,35H,1-2H3. The first-order chi connectivity index (χ1) is 20.1. The van der Waals surface area contributed by atoms with Crippen LogP contribution in [0.25, 0.3) is 30.1 Å². The molecule has 1 aliphatic heterocycles. The molecule has 0 amide bonds. The van der Waals surface area contributed by atoms with Crippen molar-refractivity contribution in [1.82, 2.24) is 5.43 Å². The van der Waals surface area contributed by atoms with Crippen molar-refractivity contribution in [2.45, 2.75) is 0 Å². The fourth-order valence-corrected chi connectivity index (χ4v) is 4.26. The molecule has 0 atom stereocenters. The maximum atomic E-state index is 11.7. The lowest BCUT2D eigenvalue weighted by Gasteiger charge is -2.20. The van der Waals surface area contributed by atoms with Gasteiger partial charge < -0.3 is 14.3 Å². The van der Waals surface area contributed by atoms with Gasteiger partial charge in [-0.3, -0.25) is 5.43 Å². The van der Waals surface area contributed by atoms with Crippen molar-refractivity contribution in [3.05, 3.63) is 142 Å². The molecule has 0 spiro atoms. The molecule has 0 saturated carbocycles. The van der Waals surface area contributed by atoms with Gasteiger partial charge in [-0.1, -0.05) is 91.0 Å². The molecule has 5 rings (SSSR count). The molecule has 1 aliphatic rings. The average Bonchev–Trinajstić information content (AvgIpc) is 3.53. The molecule has 0 bridgehead atoms. The molecule has 1 N–H and O–H groups in total. The molecule has 0 fully saturated rings. The first-order valence-electron chi connectivity index (χ1n) is 12.9. The summed E-state index contributed by atoms with van der Waals surface area (Å²) in [5, 5.41) is 1.63. The Labute approximate surface area is 238 Å². The molecule has 0 aliphatic carbocycles. The number of carbonyl (C=O) groups excluding carboxylic acids is 2. The van der Waals surface area contributed by atoms with E-state index in [1.807, 2.05) is 103 Å². The smallest absolute Gasteiger partial charge is 0.337 e. The molecule has 4 aromatic carbocycles. The second-order valence-corrected chi connectivity index (χ2v) is 9.06. The maximum absolute atomic E-state index is 11.7. The van der Waals surface area contributed by atoms with Crippen LogP contribution in [0.2, 0.25) is 0 Å². The van der Waals surface area contributed by atoms with Gasteiger partial charge >= 0.3 is 11.9 Å². The summed E-state index contributed by atoms with van der Waals surface area (Å²) in [6, 6.07) is 30.3. The van der Waals surface area contributed by atoms with Crippen LogP contribution in [-0.2, 0) is 14.3 Å². The summed E-state index contributed by atoms with van der Waals surface area (Å²) < 4.78 is 9.54. The zero-order valence-corrected chi connectivity index (χ0v) is 22.6. The van der Waals surface area contributed by atoms with E-state index in [1.54, 1.807) is 29.4 Å². The van der Waals surface area contributed by atoms with Crippen molar-refractivity contribution >= 4 is 47.7 Å². The van der Waals surface area contributed by atoms with Crippen molar-refractivity contribution in [3.63, 3.8) is 0 Å². The second kappa shape index (κ2) is 12.5. The van der Waals surface area contributed by atoms with Gasteiger partial charge in [0.25, 0.3) is 0 Å². The molecular weight excluding hydrogens is 516 g/mol. The van der Waals surface area contributed by atoms with Crippen LogP contribution in [0, 0.1) is 0 Å². The van der Waals surface area contributed by atoms with E-state index in [0.717, 1.165) is 33.5 Å². The first kappa shape index (κ1) is 27.0. The van der Waals surface area contributed by atoms with E-state index < -0.39 is 0 Å². The maximum Gasteiger partial charge on any atom is 0.337 e. The lowest BCUT2D eigenvalue weighted by Crippen LogP contribution is -2.28. The van der Waals surface area contributed by atoms with Gasteiger partial charge in [-0.25, -0.2) is 9.59 Å². The van der Waals surface area contributed by atoms with Crippen molar-refractivity contribution in [1.29, 1.82) is 0 Å².